The number of nitrogens with one attached hydrogen (secondary N) is 1. The number of carbonyl (C=O) groups is 1. The minimum atomic E-state index is -0.540. The van der Waals surface area contributed by atoms with Crippen LogP contribution >= 0.6 is 0 Å². The van der Waals surface area contributed by atoms with Crippen molar-refractivity contribution in [1.82, 2.24) is 14.7 Å². The van der Waals surface area contributed by atoms with Crippen LogP contribution in [0.2, 0.25) is 0 Å². The third-order valence-corrected chi connectivity index (χ3v) is 4.65. The van der Waals surface area contributed by atoms with E-state index in [9.17, 15) is 14.9 Å². The summed E-state index contributed by atoms with van der Waals surface area (Å²) in [7, 11) is 1.53. The fourth-order valence-corrected chi connectivity index (χ4v) is 3.22. The topological polar surface area (TPSA) is 99.7 Å². The zero-order valence-electron chi connectivity index (χ0n) is 15.9. The van der Waals surface area contributed by atoms with Crippen molar-refractivity contribution in [3.05, 3.63) is 45.9 Å². The monoisotopic (exact) mass is 381 g/mol. The molecule has 1 saturated heterocycles. The van der Waals surface area contributed by atoms with E-state index in [0.29, 0.717) is 18.1 Å². The van der Waals surface area contributed by atoms with Crippen molar-refractivity contribution in [3.63, 3.8) is 0 Å². The molecule has 8 heteroatoms. The van der Waals surface area contributed by atoms with Gasteiger partial charge in [0.15, 0.2) is 0 Å². The van der Waals surface area contributed by atoms with Crippen LogP contribution < -0.4 is 15.8 Å². The Bertz CT molecular complexity index is 983. The Morgan fingerprint density at radius 2 is 2.14 bits per heavy atom. The average molecular weight is 381 g/mol. The number of methoxy groups -OCH3 is 1. The molecule has 0 aliphatic carbocycles. The van der Waals surface area contributed by atoms with Gasteiger partial charge in [0.05, 0.1) is 12.2 Å². The summed E-state index contributed by atoms with van der Waals surface area (Å²) in [6, 6.07) is 7.23. The number of nitriles is 1. The van der Waals surface area contributed by atoms with Gasteiger partial charge < -0.3 is 15.0 Å². The van der Waals surface area contributed by atoms with Crippen molar-refractivity contribution >= 4 is 23.4 Å². The lowest BCUT2D eigenvalue weighted by Crippen LogP contribution is -2.34. The third-order valence-electron chi connectivity index (χ3n) is 4.65. The Hall–Kier alpha value is -3.18. The van der Waals surface area contributed by atoms with Gasteiger partial charge in [-0.1, -0.05) is 6.07 Å². The van der Waals surface area contributed by atoms with Crippen molar-refractivity contribution in [2.24, 2.45) is 0 Å². The lowest BCUT2D eigenvalue weighted by molar-refractivity contribution is -0.117. The summed E-state index contributed by atoms with van der Waals surface area (Å²) in [5, 5.41) is 12.1. The van der Waals surface area contributed by atoms with E-state index in [2.05, 4.69) is 15.2 Å². The zero-order chi connectivity index (χ0) is 19.9. The Morgan fingerprint density at radius 3 is 2.86 bits per heavy atom. The second-order valence-corrected chi connectivity index (χ2v) is 6.55. The van der Waals surface area contributed by atoms with Crippen LogP contribution in [0, 0.1) is 11.3 Å². The fraction of sp³-hybridized carbons (Fsp3) is 0.400. The fourth-order valence-electron chi connectivity index (χ4n) is 3.22. The maximum Gasteiger partial charge on any atom is 0.267 e. The summed E-state index contributed by atoms with van der Waals surface area (Å²) in [5.41, 5.74) is 0.352. The predicted molar refractivity (Wildman–Crippen MR) is 106 cm³/mol. The van der Waals surface area contributed by atoms with Crippen LogP contribution in [0.25, 0.3) is 11.7 Å². The van der Waals surface area contributed by atoms with Crippen molar-refractivity contribution in [2.75, 3.05) is 38.3 Å². The van der Waals surface area contributed by atoms with Gasteiger partial charge in [-0.3, -0.25) is 14.0 Å². The maximum absolute atomic E-state index is 13.1. The van der Waals surface area contributed by atoms with Crippen molar-refractivity contribution in [2.45, 2.75) is 19.3 Å². The normalized spacial score (nSPS) is 14.7. The molecular formula is C20H23N5O3. The van der Waals surface area contributed by atoms with E-state index >= 15 is 0 Å². The van der Waals surface area contributed by atoms with Crippen molar-refractivity contribution in [1.29, 1.82) is 5.26 Å². The number of nitrogens with zero attached hydrogens (tertiary/aromatic N) is 4. The Morgan fingerprint density at radius 1 is 1.36 bits per heavy atom. The quantitative estimate of drug-likeness (QED) is 0.461. The molecule has 0 saturated carbocycles. The number of anilines is 1. The van der Waals surface area contributed by atoms with E-state index in [1.54, 1.807) is 18.3 Å². The van der Waals surface area contributed by atoms with Crippen LogP contribution in [-0.4, -0.2) is 48.6 Å². The number of fused-ring (bicyclic) bond motifs is 1. The molecule has 0 spiro atoms. The van der Waals surface area contributed by atoms with Gasteiger partial charge in [0.2, 0.25) is 0 Å². The highest BCUT2D eigenvalue weighted by Gasteiger charge is 2.21. The second-order valence-electron chi connectivity index (χ2n) is 6.55. The molecule has 3 heterocycles. The van der Waals surface area contributed by atoms with Crippen LogP contribution in [-0.2, 0) is 9.53 Å². The highest BCUT2D eigenvalue weighted by atomic mass is 16.5. The summed E-state index contributed by atoms with van der Waals surface area (Å²) >= 11 is 0. The van der Waals surface area contributed by atoms with Gasteiger partial charge in [-0.25, -0.2) is 4.98 Å². The summed E-state index contributed by atoms with van der Waals surface area (Å²) in [6.45, 7) is 2.20. The number of aromatic nitrogens is 2. The van der Waals surface area contributed by atoms with Gasteiger partial charge in [-0.05, 0) is 37.5 Å². The maximum atomic E-state index is 13.1. The minimum Gasteiger partial charge on any atom is -0.383 e. The number of hydrogen-bond donors (Lipinski definition) is 1. The first-order valence-electron chi connectivity index (χ1n) is 9.31. The van der Waals surface area contributed by atoms with Gasteiger partial charge >= 0.3 is 0 Å². The molecule has 2 aromatic heterocycles. The predicted octanol–water partition coefficient (Wildman–Crippen LogP) is 1.35. The van der Waals surface area contributed by atoms with E-state index in [4.69, 9.17) is 4.74 Å². The standard InChI is InChI=1S/C20H23N5O3/c1-28-12-8-22-19(26)15(14-21)13-16-18(24-9-4-2-5-10-24)23-17-7-3-6-11-25(17)20(16)27/h3,6-7,11,13H,2,4-5,8-10,12H2,1H3,(H,22,26). The molecule has 1 fully saturated rings. The molecule has 0 aromatic carbocycles. The van der Waals surface area contributed by atoms with Crippen LogP contribution in [0.3, 0.4) is 0 Å². The van der Waals surface area contributed by atoms with Gasteiger partial charge in [0.1, 0.15) is 23.1 Å². The van der Waals surface area contributed by atoms with Crippen LogP contribution in [0.4, 0.5) is 5.82 Å². The first-order chi connectivity index (χ1) is 13.7. The number of amides is 1. The van der Waals surface area contributed by atoms with E-state index in [1.165, 1.54) is 17.6 Å². The first kappa shape index (κ1) is 19.6. The third kappa shape index (κ3) is 4.21. The molecular weight excluding hydrogens is 358 g/mol. The lowest BCUT2D eigenvalue weighted by atomic mass is 10.1. The molecule has 2 aromatic rings. The van der Waals surface area contributed by atoms with Crippen molar-refractivity contribution in [3.8, 4) is 6.07 Å². The van der Waals surface area contributed by atoms with Crippen molar-refractivity contribution < 1.29 is 9.53 Å². The van der Waals surface area contributed by atoms with Gasteiger partial charge in [0.25, 0.3) is 11.5 Å². The highest BCUT2D eigenvalue weighted by Crippen LogP contribution is 2.22. The molecule has 1 aliphatic heterocycles. The smallest absolute Gasteiger partial charge is 0.267 e. The zero-order valence-corrected chi connectivity index (χ0v) is 15.9. The van der Waals surface area contributed by atoms with Crippen LogP contribution in [0.15, 0.2) is 34.8 Å². The molecule has 0 bridgehead atoms. The molecule has 0 radical (unpaired) electrons. The summed E-state index contributed by atoms with van der Waals surface area (Å²) < 4.78 is 6.33. The number of hydrogen-bond acceptors (Lipinski definition) is 6. The molecule has 1 aliphatic rings. The van der Waals surface area contributed by atoms with Crippen LogP contribution in [0.5, 0.6) is 0 Å². The van der Waals surface area contributed by atoms with E-state index in [-0.39, 0.29) is 23.2 Å². The molecule has 146 valence electrons. The highest BCUT2D eigenvalue weighted by molar-refractivity contribution is 6.02. The molecule has 1 amide bonds. The number of piperidine rings is 1. The number of carbonyl (C=O) groups excluding carboxylic acids is 1. The molecule has 3 rings (SSSR count). The summed E-state index contributed by atoms with van der Waals surface area (Å²) in [6.07, 6.45) is 6.15. The van der Waals surface area contributed by atoms with E-state index in [0.717, 1.165) is 32.4 Å². The van der Waals surface area contributed by atoms with Gasteiger partial charge in [-0.15, -0.1) is 0 Å². The summed E-state index contributed by atoms with van der Waals surface area (Å²) in [4.78, 5) is 32.2. The van der Waals surface area contributed by atoms with E-state index in [1.807, 2.05) is 12.1 Å². The number of ether oxygens (including phenoxy) is 1. The Balaban J connectivity index is 2.09. The lowest BCUT2D eigenvalue weighted by Gasteiger charge is -2.29. The Labute approximate surface area is 163 Å². The molecule has 8 nitrogen and oxygen atoms in total. The molecule has 28 heavy (non-hydrogen) atoms. The van der Waals surface area contributed by atoms with Gasteiger partial charge in [0, 0.05) is 32.9 Å². The summed E-state index contributed by atoms with van der Waals surface area (Å²) in [5.74, 6) is -0.0185. The number of pyridine rings is 1. The second kappa shape index (κ2) is 9.15. The molecule has 1 N–H and O–H groups in total. The average Bonchev–Trinajstić information content (AvgIpc) is 2.74. The van der Waals surface area contributed by atoms with E-state index < -0.39 is 5.91 Å². The number of rotatable bonds is 6. The minimum absolute atomic E-state index is 0.135. The Kier molecular flexibility index (Phi) is 6.40. The van der Waals surface area contributed by atoms with Gasteiger partial charge in [-0.2, -0.15) is 5.26 Å². The largest absolute Gasteiger partial charge is 0.383 e. The SMILES string of the molecule is COCCNC(=O)C(C#N)=Cc1c(N2CCCCC2)nc2ccccn2c1=O. The van der Waals surface area contributed by atoms with Crippen LogP contribution in [0.1, 0.15) is 24.8 Å². The molecule has 0 unspecified atom stereocenters. The molecule has 0 atom stereocenters. The first-order valence-corrected chi connectivity index (χ1v) is 9.31.